The third kappa shape index (κ3) is 9.06. The Hall–Kier alpha value is -2.92. The van der Waals surface area contributed by atoms with Crippen molar-refractivity contribution in [3.63, 3.8) is 0 Å². The Morgan fingerprint density at radius 2 is 1.38 bits per heavy atom. The fraction of sp³-hybridized carbons (Fsp3) is 0.333. The van der Waals surface area contributed by atoms with Crippen molar-refractivity contribution in [1.29, 1.82) is 0 Å². The standard InChI is InChI=1S/C19H15N3OS.4C2H6/c1-13-5-4-12-20-18(13)23-15-10-8-14(9-11-15)21-19-22-16-6-2-3-7-17(16)24-19;4*1-2/h2-12H,1H3,(H,21,22);4*1-2H3. The summed E-state index contributed by atoms with van der Waals surface area (Å²) in [6.45, 7) is 18.0. The maximum absolute atomic E-state index is 5.81. The minimum absolute atomic E-state index is 0.629. The third-order valence-electron chi connectivity index (χ3n) is 3.58. The molecule has 2 aromatic heterocycles. The van der Waals surface area contributed by atoms with Gasteiger partial charge < -0.3 is 10.1 Å². The Morgan fingerprint density at radius 3 is 1.97 bits per heavy atom. The summed E-state index contributed by atoms with van der Waals surface area (Å²) in [5.41, 5.74) is 2.99. The highest BCUT2D eigenvalue weighted by molar-refractivity contribution is 7.22. The lowest BCUT2D eigenvalue weighted by Gasteiger charge is -2.08. The molecule has 0 radical (unpaired) electrons. The van der Waals surface area contributed by atoms with E-state index >= 15 is 0 Å². The second-order valence-corrected chi connectivity index (χ2v) is 6.39. The van der Waals surface area contributed by atoms with Gasteiger partial charge in [-0.15, -0.1) is 0 Å². The molecule has 2 heterocycles. The molecule has 0 bridgehead atoms. The van der Waals surface area contributed by atoms with Crippen LogP contribution in [0.2, 0.25) is 0 Å². The molecule has 4 rings (SSSR count). The van der Waals surface area contributed by atoms with Gasteiger partial charge >= 0.3 is 0 Å². The largest absolute Gasteiger partial charge is 0.439 e. The topological polar surface area (TPSA) is 47.0 Å². The molecular formula is C27H39N3OS. The summed E-state index contributed by atoms with van der Waals surface area (Å²) in [5, 5.41) is 4.21. The normalized spacial score (nSPS) is 8.78. The predicted molar refractivity (Wildman–Crippen MR) is 144 cm³/mol. The minimum Gasteiger partial charge on any atom is -0.439 e. The fourth-order valence-corrected chi connectivity index (χ4v) is 3.23. The molecule has 174 valence electrons. The van der Waals surface area contributed by atoms with Crippen LogP contribution in [-0.2, 0) is 0 Å². The molecule has 0 fully saturated rings. The van der Waals surface area contributed by atoms with Crippen LogP contribution in [0.3, 0.4) is 0 Å². The molecule has 0 unspecified atom stereocenters. The van der Waals surface area contributed by atoms with Gasteiger partial charge in [-0.1, -0.05) is 84.9 Å². The molecule has 0 aliphatic carbocycles. The summed E-state index contributed by atoms with van der Waals surface area (Å²) in [5.74, 6) is 1.39. The number of benzene rings is 2. The molecule has 2 aromatic carbocycles. The lowest BCUT2D eigenvalue weighted by Crippen LogP contribution is -1.92. The Kier molecular flexibility index (Phi) is 16.1. The number of rotatable bonds is 4. The van der Waals surface area contributed by atoms with Crippen LogP contribution < -0.4 is 10.1 Å². The van der Waals surface area contributed by atoms with Crippen molar-refractivity contribution in [2.24, 2.45) is 0 Å². The smallest absolute Gasteiger partial charge is 0.222 e. The van der Waals surface area contributed by atoms with Gasteiger partial charge in [0.2, 0.25) is 5.88 Å². The fourth-order valence-electron chi connectivity index (χ4n) is 2.35. The van der Waals surface area contributed by atoms with Gasteiger partial charge in [0.05, 0.1) is 10.2 Å². The second-order valence-electron chi connectivity index (χ2n) is 5.36. The van der Waals surface area contributed by atoms with Crippen LogP contribution in [0.4, 0.5) is 10.8 Å². The van der Waals surface area contributed by atoms with E-state index in [-0.39, 0.29) is 0 Å². The number of nitrogens with zero attached hydrogens (tertiary/aromatic N) is 2. The number of aromatic nitrogens is 2. The van der Waals surface area contributed by atoms with Crippen molar-refractivity contribution in [1.82, 2.24) is 9.97 Å². The molecular weight excluding hydrogens is 414 g/mol. The van der Waals surface area contributed by atoms with Crippen LogP contribution >= 0.6 is 11.3 Å². The van der Waals surface area contributed by atoms with Crippen LogP contribution in [-0.4, -0.2) is 9.97 Å². The lowest BCUT2D eigenvalue weighted by atomic mass is 10.3. The van der Waals surface area contributed by atoms with E-state index in [4.69, 9.17) is 4.74 Å². The zero-order valence-corrected chi connectivity index (χ0v) is 21.9. The summed E-state index contributed by atoms with van der Waals surface area (Å²) in [6.07, 6.45) is 1.73. The SMILES string of the molecule is CC.CC.CC.CC.Cc1cccnc1Oc1ccc(Nc2nc3ccccc3s2)cc1. The van der Waals surface area contributed by atoms with Crippen molar-refractivity contribution in [3.05, 3.63) is 72.4 Å². The molecule has 5 heteroatoms. The molecule has 0 saturated heterocycles. The van der Waals surface area contributed by atoms with Crippen LogP contribution in [0.1, 0.15) is 61.0 Å². The second kappa shape index (κ2) is 17.7. The third-order valence-corrected chi connectivity index (χ3v) is 4.53. The highest BCUT2D eigenvalue weighted by atomic mass is 32.1. The molecule has 0 atom stereocenters. The first-order valence-electron chi connectivity index (χ1n) is 11.6. The monoisotopic (exact) mass is 453 g/mol. The number of fused-ring (bicyclic) bond motifs is 1. The summed E-state index contributed by atoms with van der Waals surface area (Å²) >= 11 is 1.64. The quantitative estimate of drug-likeness (QED) is 0.334. The molecule has 0 spiro atoms. The van der Waals surface area contributed by atoms with E-state index in [1.54, 1.807) is 17.5 Å². The number of hydrogen-bond acceptors (Lipinski definition) is 5. The van der Waals surface area contributed by atoms with Gasteiger partial charge in [-0.2, -0.15) is 0 Å². The van der Waals surface area contributed by atoms with Gasteiger partial charge in [0, 0.05) is 17.4 Å². The van der Waals surface area contributed by atoms with Gasteiger partial charge in [0.1, 0.15) is 5.75 Å². The van der Waals surface area contributed by atoms with Gasteiger partial charge in [0.25, 0.3) is 0 Å². The molecule has 4 nitrogen and oxygen atoms in total. The predicted octanol–water partition coefficient (Wildman–Crippen LogP) is 9.64. The number of pyridine rings is 1. The lowest BCUT2D eigenvalue weighted by molar-refractivity contribution is 0.459. The maximum atomic E-state index is 5.81. The Bertz CT molecular complexity index is 949. The van der Waals surface area contributed by atoms with E-state index in [0.29, 0.717) is 5.88 Å². The van der Waals surface area contributed by atoms with Gasteiger partial charge in [-0.05, 0) is 49.4 Å². The van der Waals surface area contributed by atoms with E-state index in [1.807, 2.05) is 117 Å². The van der Waals surface area contributed by atoms with E-state index < -0.39 is 0 Å². The average molecular weight is 454 g/mol. The minimum atomic E-state index is 0.629. The number of thiazole rings is 1. The van der Waals surface area contributed by atoms with Crippen molar-refractivity contribution < 1.29 is 4.74 Å². The number of hydrogen-bond donors (Lipinski definition) is 1. The van der Waals surface area contributed by atoms with Crippen LogP contribution in [0, 0.1) is 6.92 Å². The first-order chi connectivity index (χ1) is 15.8. The van der Waals surface area contributed by atoms with E-state index in [1.165, 1.54) is 4.70 Å². The molecule has 4 aromatic rings. The van der Waals surface area contributed by atoms with Crippen LogP contribution in [0.15, 0.2) is 66.9 Å². The molecule has 0 aliphatic heterocycles. The molecule has 0 saturated carbocycles. The van der Waals surface area contributed by atoms with Crippen molar-refractivity contribution in [2.75, 3.05) is 5.32 Å². The molecule has 0 aliphatic rings. The zero-order valence-electron chi connectivity index (χ0n) is 21.1. The van der Waals surface area contributed by atoms with Gasteiger partial charge in [0.15, 0.2) is 5.13 Å². The Labute approximate surface area is 198 Å². The van der Waals surface area contributed by atoms with E-state index in [0.717, 1.165) is 27.6 Å². The summed E-state index contributed by atoms with van der Waals surface area (Å²) < 4.78 is 6.98. The average Bonchev–Trinajstić information content (AvgIpc) is 3.29. The number of anilines is 2. The van der Waals surface area contributed by atoms with Crippen molar-refractivity contribution in [2.45, 2.75) is 62.3 Å². The molecule has 32 heavy (non-hydrogen) atoms. The number of nitrogens with one attached hydrogen (secondary N) is 1. The number of aryl methyl sites for hydroxylation is 1. The number of para-hydroxylation sites is 1. The van der Waals surface area contributed by atoms with Crippen LogP contribution in [0.5, 0.6) is 11.6 Å². The molecule has 1 N–H and O–H groups in total. The highest BCUT2D eigenvalue weighted by Gasteiger charge is 2.05. The first-order valence-corrected chi connectivity index (χ1v) is 12.4. The van der Waals surface area contributed by atoms with Crippen molar-refractivity contribution >= 4 is 32.4 Å². The Morgan fingerprint density at radius 1 is 0.750 bits per heavy atom. The van der Waals surface area contributed by atoms with Crippen molar-refractivity contribution in [3.8, 4) is 11.6 Å². The van der Waals surface area contributed by atoms with Gasteiger partial charge in [-0.3, -0.25) is 0 Å². The van der Waals surface area contributed by atoms with Gasteiger partial charge in [-0.25, -0.2) is 9.97 Å². The summed E-state index contributed by atoms with van der Waals surface area (Å²) in [6, 6.07) is 19.8. The number of ether oxygens (including phenoxy) is 1. The summed E-state index contributed by atoms with van der Waals surface area (Å²) in [4.78, 5) is 8.82. The van der Waals surface area contributed by atoms with Crippen LogP contribution in [0.25, 0.3) is 10.2 Å². The maximum Gasteiger partial charge on any atom is 0.222 e. The Balaban J connectivity index is 0.00000109. The highest BCUT2D eigenvalue weighted by Crippen LogP contribution is 2.29. The van der Waals surface area contributed by atoms with E-state index in [9.17, 15) is 0 Å². The zero-order chi connectivity index (χ0) is 24.4. The summed E-state index contributed by atoms with van der Waals surface area (Å²) in [7, 11) is 0. The van der Waals surface area contributed by atoms with E-state index in [2.05, 4.69) is 21.4 Å². The first kappa shape index (κ1) is 29.1. The molecule has 0 amide bonds.